The van der Waals surface area contributed by atoms with Gasteiger partial charge in [-0.1, -0.05) is 32.9 Å². The second-order valence-electron chi connectivity index (χ2n) is 5.43. The van der Waals surface area contributed by atoms with Crippen LogP contribution in [0.4, 0.5) is 9.18 Å². The Morgan fingerprint density at radius 1 is 1.37 bits per heavy atom. The summed E-state index contributed by atoms with van der Waals surface area (Å²) < 4.78 is 13.2. The second-order valence-corrected chi connectivity index (χ2v) is 5.43. The normalized spacial score (nSPS) is 12.8. The smallest absolute Gasteiger partial charge is 0.405 e. The Labute approximate surface area is 111 Å². The van der Waals surface area contributed by atoms with Gasteiger partial charge >= 0.3 is 6.09 Å². The van der Waals surface area contributed by atoms with Gasteiger partial charge in [-0.25, -0.2) is 9.18 Å². The highest BCUT2D eigenvalue weighted by Crippen LogP contribution is 2.24. The summed E-state index contributed by atoms with van der Waals surface area (Å²) in [7, 11) is 0. The molecule has 4 nitrogen and oxygen atoms in total. The molecule has 1 rings (SSSR count). The summed E-state index contributed by atoms with van der Waals surface area (Å²) >= 11 is 0. The topological polar surface area (TPSA) is 66.4 Å². The van der Waals surface area contributed by atoms with Gasteiger partial charge in [0.05, 0.1) is 6.04 Å². The van der Waals surface area contributed by atoms with Crippen molar-refractivity contribution in [2.24, 2.45) is 5.41 Å². The minimum Gasteiger partial charge on any atom is -0.465 e. The third kappa shape index (κ3) is 4.69. The van der Waals surface area contributed by atoms with Gasteiger partial charge < -0.3 is 10.4 Å². The van der Waals surface area contributed by atoms with Gasteiger partial charge in [0.25, 0.3) is 0 Å². The Hall–Kier alpha value is -1.91. The third-order valence-electron chi connectivity index (χ3n) is 2.77. The monoisotopic (exact) mass is 267 g/mol. The number of hydrogen-bond donors (Lipinski definition) is 2. The molecule has 0 aliphatic heterocycles. The number of carbonyl (C=O) groups is 2. The lowest BCUT2D eigenvalue weighted by Gasteiger charge is -2.22. The number of nitrogens with one attached hydrogen (secondary N) is 1. The Balaban J connectivity index is 2.96. The van der Waals surface area contributed by atoms with Gasteiger partial charge in [-0.15, -0.1) is 0 Å². The molecule has 0 heterocycles. The number of amides is 1. The van der Waals surface area contributed by atoms with E-state index in [9.17, 15) is 14.0 Å². The predicted octanol–water partition coefficient (Wildman–Crippen LogP) is 3.14. The summed E-state index contributed by atoms with van der Waals surface area (Å²) in [6.45, 7) is 5.29. The first-order chi connectivity index (χ1) is 8.70. The van der Waals surface area contributed by atoms with Crippen LogP contribution in [0.15, 0.2) is 24.3 Å². The van der Waals surface area contributed by atoms with E-state index in [1.54, 1.807) is 26.8 Å². The molecule has 5 heteroatoms. The van der Waals surface area contributed by atoms with Gasteiger partial charge in [0.15, 0.2) is 0 Å². The maximum atomic E-state index is 13.2. The van der Waals surface area contributed by atoms with Gasteiger partial charge in [-0.2, -0.15) is 0 Å². The Kier molecular flexibility index (Phi) is 4.64. The number of ketones is 1. The maximum Gasteiger partial charge on any atom is 0.405 e. The molecule has 19 heavy (non-hydrogen) atoms. The number of benzene rings is 1. The first-order valence-electron chi connectivity index (χ1n) is 5.98. The average Bonchev–Trinajstić information content (AvgIpc) is 2.26. The molecule has 0 fully saturated rings. The summed E-state index contributed by atoms with van der Waals surface area (Å²) in [6.07, 6.45) is -1.24. The van der Waals surface area contributed by atoms with E-state index >= 15 is 0 Å². The Bertz CT molecular complexity index is 480. The highest BCUT2D eigenvalue weighted by Gasteiger charge is 2.26. The van der Waals surface area contributed by atoms with Crippen molar-refractivity contribution in [1.82, 2.24) is 5.32 Å². The van der Waals surface area contributed by atoms with Gasteiger partial charge in [0, 0.05) is 11.8 Å². The Morgan fingerprint density at radius 3 is 2.47 bits per heavy atom. The zero-order valence-corrected chi connectivity index (χ0v) is 11.2. The van der Waals surface area contributed by atoms with Crippen LogP contribution in [0.25, 0.3) is 0 Å². The van der Waals surface area contributed by atoms with Crippen molar-refractivity contribution >= 4 is 11.9 Å². The fourth-order valence-corrected chi connectivity index (χ4v) is 1.62. The lowest BCUT2D eigenvalue weighted by Crippen LogP contribution is -2.32. The zero-order chi connectivity index (χ0) is 14.6. The van der Waals surface area contributed by atoms with Gasteiger partial charge in [-0.3, -0.25) is 4.79 Å². The molecule has 0 radical (unpaired) electrons. The minimum atomic E-state index is -1.24. The van der Waals surface area contributed by atoms with Crippen LogP contribution >= 0.6 is 0 Å². The van der Waals surface area contributed by atoms with Crippen LogP contribution in [0.1, 0.15) is 38.8 Å². The van der Waals surface area contributed by atoms with Crippen LogP contribution in [-0.4, -0.2) is 17.0 Å². The van der Waals surface area contributed by atoms with Crippen LogP contribution in [-0.2, 0) is 4.79 Å². The minimum absolute atomic E-state index is 0.000741. The van der Waals surface area contributed by atoms with Crippen LogP contribution in [0.3, 0.4) is 0 Å². The van der Waals surface area contributed by atoms with Crippen molar-refractivity contribution in [1.29, 1.82) is 0 Å². The van der Waals surface area contributed by atoms with E-state index in [4.69, 9.17) is 5.11 Å². The van der Waals surface area contributed by atoms with Crippen molar-refractivity contribution in [3.05, 3.63) is 35.6 Å². The lowest BCUT2D eigenvalue weighted by atomic mass is 9.85. The molecule has 1 amide bonds. The largest absolute Gasteiger partial charge is 0.465 e. The van der Waals surface area contributed by atoms with Crippen molar-refractivity contribution in [3.8, 4) is 0 Å². The molecular formula is C14H18FNO3. The summed E-state index contributed by atoms with van der Waals surface area (Å²) in [5.41, 5.74) is -0.119. The van der Waals surface area contributed by atoms with Gasteiger partial charge in [0.1, 0.15) is 11.6 Å². The highest BCUT2D eigenvalue weighted by molar-refractivity contribution is 5.84. The van der Waals surface area contributed by atoms with Gasteiger partial charge in [-0.05, 0) is 17.7 Å². The SMILES string of the molecule is CC(C)(C)C(=O)C[C@H](NC(=O)O)c1cccc(F)c1. The molecule has 2 N–H and O–H groups in total. The lowest BCUT2D eigenvalue weighted by molar-refractivity contribution is -0.126. The first kappa shape index (κ1) is 15.1. The molecule has 1 atom stereocenters. The van der Waals surface area contributed by atoms with Crippen molar-refractivity contribution in [2.45, 2.75) is 33.2 Å². The summed E-state index contributed by atoms with van der Waals surface area (Å²) in [6, 6.07) is 4.85. The van der Waals surface area contributed by atoms with E-state index in [-0.39, 0.29) is 12.2 Å². The molecule has 104 valence electrons. The van der Waals surface area contributed by atoms with Crippen LogP contribution in [0.5, 0.6) is 0 Å². The highest BCUT2D eigenvalue weighted by atomic mass is 19.1. The standard InChI is InChI=1S/C14H18FNO3/c1-14(2,3)12(17)8-11(16-13(18)19)9-5-4-6-10(15)7-9/h4-7,11,16H,8H2,1-3H3,(H,18,19)/t11-/m0/s1. The molecule has 0 aliphatic carbocycles. The van der Waals surface area contributed by atoms with Crippen molar-refractivity contribution < 1.29 is 19.1 Å². The number of halogens is 1. The fraction of sp³-hybridized carbons (Fsp3) is 0.429. The fourth-order valence-electron chi connectivity index (χ4n) is 1.62. The van der Waals surface area contributed by atoms with Crippen molar-refractivity contribution in [3.63, 3.8) is 0 Å². The van der Waals surface area contributed by atoms with Crippen molar-refractivity contribution in [2.75, 3.05) is 0 Å². The van der Waals surface area contributed by atoms with Crippen LogP contribution < -0.4 is 5.32 Å². The molecule has 0 unspecified atom stereocenters. The maximum absolute atomic E-state index is 13.2. The summed E-state index contributed by atoms with van der Waals surface area (Å²) in [4.78, 5) is 22.8. The van der Waals surface area contributed by atoms with Crippen LogP contribution in [0, 0.1) is 11.2 Å². The molecule has 1 aromatic rings. The van der Waals surface area contributed by atoms with E-state index < -0.39 is 23.4 Å². The number of carbonyl (C=O) groups excluding carboxylic acids is 1. The zero-order valence-electron chi connectivity index (χ0n) is 11.2. The van der Waals surface area contributed by atoms with E-state index in [1.165, 1.54) is 18.2 Å². The number of Topliss-reactive ketones (excluding diaryl/α,β-unsaturated/α-hetero) is 1. The summed E-state index contributed by atoms with van der Waals surface area (Å²) in [5, 5.41) is 11.1. The second kappa shape index (κ2) is 5.82. The molecule has 0 saturated carbocycles. The molecule has 0 saturated heterocycles. The quantitative estimate of drug-likeness (QED) is 0.880. The summed E-state index contributed by atoms with van der Waals surface area (Å²) in [5.74, 6) is -0.548. The Morgan fingerprint density at radius 2 is 2.00 bits per heavy atom. The first-order valence-corrected chi connectivity index (χ1v) is 5.98. The number of rotatable bonds is 4. The third-order valence-corrected chi connectivity index (χ3v) is 2.77. The van der Waals surface area contributed by atoms with E-state index in [1.807, 2.05) is 0 Å². The average molecular weight is 267 g/mol. The molecule has 0 aliphatic rings. The van der Waals surface area contributed by atoms with E-state index in [2.05, 4.69) is 5.32 Å². The molecule has 0 aromatic heterocycles. The number of carboxylic acid groups (broad SMARTS) is 1. The number of hydrogen-bond acceptors (Lipinski definition) is 2. The molecule has 0 bridgehead atoms. The van der Waals surface area contributed by atoms with Crippen LogP contribution in [0.2, 0.25) is 0 Å². The molecular weight excluding hydrogens is 249 g/mol. The van der Waals surface area contributed by atoms with E-state index in [0.29, 0.717) is 5.56 Å². The predicted molar refractivity (Wildman–Crippen MR) is 69.4 cm³/mol. The molecule has 1 aromatic carbocycles. The molecule has 0 spiro atoms. The van der Waals surface area contributed by atoms with Gasteiger partial charge in [0.2, 0.25) is 0 Å². The van der Waals surface area contributed by atoms with E-state index in [0.717, 1.165) is 0 Å².